The fourth-order valence-corrected chi connectivity index (χ4v) is 2.60. The first-order chi connectivity index (χ1) is 9.13. The highest BCUT2D eigenvalue weighted by molar-refractivity contribution is 14.1. The summed E-state index contributed by atoms with van der Waals surface area (Å²) in [5, 5.41) is 6.15. The van der Waals surface area contributed by atoms with Crippen LogP contribution in [-0.2, 0) is 7.05 Å². The van der Waals surface area contributed by atoms with Crippen molar-refractivity contribution in [2.24, 2.45) is 7.05 Å². The van der Waals surface area contributed by atoms with E-state index in [1.165, 1.54) is 0 Å². The third kappa shape index (κ3) is 2.55. The number of hydrogen-bond donors (Lipinski definition) is 0. The largest absolute Gasteiger partial charge is 0.457 e. The Morgan fingerprint density at radius 2 is 1.95 bits per heavy atom. The molecule has 0 atom stereocenters. The van der Waals surface area contributed by atoms with E-state index in [1.807, 2.05) is 48.1 Å². The number of benzene rings is 2. The van der Waals surface area contributed by atoms with Crippen LogP contribution in [0.15, 0.2) is 42.5 Å². The maximum absolute atomic E-state index is 5.94. The van der Waals surface area contributed by atoms with Crippen molar-refractivity contribution >= 4 is 45.1 Å². The van der Waals surface area contributed by atoms with Gasteiger partial charge in [-0.3, -0.25) is 4.68 Å². The van der Waals surface area contributed by atoms with E-state index in [9.17, 15) is 0 Å². The summed E-state index contributed by atoms with van der Waals surface area (Å²) in [6.45, 7) is 0. The van der Waals surface area contributed by atoms with Gasteiger partial charge in [0.15, 0.2) is 0 Å². The lowest BCUT2D eigenvalue weighted by atomic mass is 10.2. The molecule has 3 rings (SSSR count). The van der Waals surface area contributed by atoms with Gasteiger partial charge >= 0.3 is 0 Å². The molecular weight excluding hydrogens is 375 g/mol. The first kappa shape index (κ1) is 12.7. The lowest BCUT2D eigenvalue weighted by molar-refractivity contribution is 0.483. The summed E-state index contributed by atoms with van der Waals surface area (Å²) >= 11 is 8.21. The Kier molecular flexibility index (Phi) is 3.36. The number of fused-ring (bicyclic) bond motifs is 1. The van der Waals surface area contributed by atoms with Crippen LogP contribution in [0.25, 0.3) is 10.9 Å². The molecule has 0 aliphatic heterocycles. The number of aryl methyl sites for hydroxylation is 1. The predicted octanol–water partition coefficient (Wildman–Crippen LogP) is 4.62. The summed E-state index contributed by atoms with van der Waals surface area (Å²) in [6, 6.07) is 13.2. The number of aromatic nitrogens is 2. The Balaban J connectivity index is 1.99. The van der Waals surface area contributed by atoms with Gasteiger partial charge in [0, 0.05) is 17.5 Å². The van der Waals surface area contributed by atoms with Gasteiger partial charge in [-0.1, -0.05) is 17.7 Å². The third-order valence-electron chi connectivity index (χ3n) is 2.76. The number of hydrogen-bond acceptors (Lipinski definition) is 2. The van der Waals surface area contributed by atoms with Crippen LogP contribution in [0, 0.1) is 3.70 Å². The maximum atomic E-state index is 5.94. The highest BCUT2D eigenvalue weighted by Crippen LogP contribution is 2.28. The Morgan fingerprint density at radius 1 is 1.16 bits per heavy atom. The van der Waals surface area contributed by atoms with Crippen LogP contribution < -0.4 is 4.74 Å². The van der Waals surface area contributed by atoms with Crippen LogP contribution in [0.4, 0.5) is 0 Å². The average Bonchev–Trinajstić information content (AvgIpc) is 2.66. The zero-order valence-corrected chi connectivity index (χ0v) is 13.0. The molecule has 0 unspecified atom stereocenters. The van der Waals surface area contributed by atoms with E-state index < -0.39 is 0 Å². The molecule has 0 N–H and O–H groups in total. The Labute approximate surface area is 129 Å². The van der Waals surface area contributed by atoms with E-state index in [2.05, 4.69) is 27.7 Å². The minimum absolute atomic E-state index is 0.662. The van der Waals surface area contributed by atoms with E-state index >= 15 is 0 Å². The molecule has 2 aromatic carbocycles. The minimum Gasteiger partial charge on any atom is -0.457 e. The molecule has 0 saturated carbocycles. The zero-order valence-electron chi connectivity index (χ0n) is 10.1. The second kappa shape index (κ2) is 5.02. The average molecular weight is 385 g/mol. The van der Waals surface area contributed by atoms with E-state index in [0.29, 0.717) is 5.02 Å². The van der Waals surface area contributed by atoms with Crippen molar-refractivity contribution < 1.29 is 4.74 Å². The highest BCUT2D eigenvalue weighted by Gasteiger charge is 2.07. The number of ether oxygens (including phenoxy) is 1. The first-order valence-corrected chi connectivity index (χ1v) is 7.15. The predicted molar refractivity (Wildman–Crippen MR) is 85.0 cm³/mol. The van der Waals surface area contributed by atoms with Crippen LogP contribution >= 0.6 is 34.2 Å². The van der Waals surface area contributed by atoms with Gasteiger partial charge in [0.25, 0.3) is 0 Å². The normalized spacial score (nSPS) is 10.9. The molecule has 0 fully saturated rings. The van der Waals surface area contributed by atoms with E-state index in [4.69, 9.17) is 16.3 Å². The molecule has 0 amide bonds. The second-order valence-electron chi connectivity index (χ2n) is 4.15. The second-order valence-corrected chi connectivity index (χ2v) is 5.61. The molecule has 1 heterocycles. The molecule has 5 heteroatoms. The van der Waals surface area contributed by atoms with Crippen molar-refractivity contribution in [3.63, 3.8) is 0 Å². The van der Waals surface area contributed by atoms with Crippen molar-refractivity contribution in [2.75, 3.05) is 0 Å². The monoisotopic (exact) mass is 384 g/mol. The molecule has 0 radical (unpaired) electrons. The fourth-order valence-electron chi connectivity index (χ4n) is 1.88. The SMILES string of the molecule is Cn1nc2ccc(Oc3cccc(Cl)c3)cc2c1I. The molecule has 96 valence electrons. The molecular formula is C14H10ClIN2O. The van der Waals surface area contributed by atoms with Gasteiger partial charge in [0.2, 0.25) is 0 Å². The van der Waals surface area contributed by atoms with Crippen LogP contribution in [0.1, 0.15) is 0 Å². The summed E-state index contributed by atoms with van der Waals surface area (Å²) in [7, 11) is 1.93. The summed E-state index contributed by atoms with van der Waals surface area (Å²) in [6.07, 6.45) is 0. The van der Waals surface area contributed by atoms with Crippen molar-refractivity contribution in [1.29, 1.82) is 0 Å². The molecule has 0 aliphatic carbocycles. The van der Waals surface area contributed by atoms with Crippen LogP contribution in [0.3, 0.4) is 0 Å². The van der Waals surface area contributed by atoms with Crippen LogP contribution in [0.5, 0.6) is 11.5 Å². The summed E-state index contributed by atoms with van der Waals surface area (Å²) in [5.41, 5.74) is 0.963. The fraction of sp³-hybridized carbons (Fsp3) is 0.0714. The van der Waals surface area contributed by atoms with Gasteiger partial charge in [-0.05, 0) is 59.0 Å². The van der Waals surface area contributed by atoms with Gasteiger partial charge in [-0.25, -0.2) is 0 Å². The molecule has 0 aliphatic rings. The summed E-state index contributed by atoms with van der Waals surface area (Å²) in [5.74, 6) is 1.51. The first-order valence-electron chi connectivity index (χ1n) is 5.69. The molecule has 1 aromatic heterocycles. The molecule has 3 nitrogen and oxygen atoms in total. The number of halogens is 2. The maximum Gasteiger partial charge on any atom is 0.128 e. The van der Waals surface area contributed by atoms with Crippen molar-refractivity contribution in [1.82, 2.24) is 9.78 Å². The molecule has 0 saturated heterocycles. The topological polar surface area (TPSA) is 27.1 Å². The lowest BCUT2D eigenvalue weighted by Crippen LogP contribution is -1.91. The van der Waals surface area contributed by atoms with Gasteiger partial charge in [0.1, 0.15) is 15.2 Å². The van der Waals surface area contributed by atoms with Crippen LogP contribution in [-0.4, -0.2) is 9.78 Å². The molecule has 3 aromatic rings. The Bertz CT molecular complexity index is 754. The van der Waals surface area contributed by atoms with Crippen molar-refractivity contribution in [2.45, 2.75) is 0 Å². The van der Waals surface area contributed by atoms with Gasteiger partial charge in [0.05, 0.1) is 5.52 Å². The minimum atomic E-state index is 0.662. The Morgan fingerprint density at radius 3 is 2.74 bits per heavy atom. The van der Waals surface area contributed by atoms with Crippen molar-refractivity contribution in [3.8, 4) is 11.5 Å². The smallest absolute Gasteiger partial charge is 0.128 e. The molecule has 0 spiro atoms. The van der Waals surface area contributed by atoms with E-state index in [-0.39, 0.29) is 0 Å². The van der Waals surface area contributed by atoms with Gasteiger partial charge in [-0.2, -0.15) is 5.10 Å². The zero-order chi connectivity index (χ0) is 13.4. The van der Waals surface area contributed by atoms with E-state index in [1.54, 1.807) is 6.07 Å². The molecule has 19 heavy (non-hydrogen) atoms. The molecule has 0 bridgehead atoms. The number of nitrogens with zero attached hydrogens (tertiary/aromatic N) is 2. The van der Waals surface area contributed by atoms with Gasteiger partial charge in [-0.15, -0.1) is 0 Å². The van der Waals surface area contributed by atoms with Crippen LogP contribution in [0.2, 0.25) is 5.02 Å². The Hall–Kier alpha value is -1.27. The lowest BCUT2D eigenvalue weighted by Gasteiger charge is -2.05. The highest BCUT2D eigenvalue weighted by atomic mass is 127. The quantitative estimate of drug-likeness (QED) is 0.603. The van der Waals surface area contributed by atoms with E-state index in [0.717, 1.165) is 26.1 Å². The van der Waals surface area contributed by atoms with Crippen molar-refractivity contribution in [3.05, 3.63) is 51.2 Å². The third-order valence-corrected chi connectivity index (χ3v) is 4.28. The summed E-state index contributed by atoms with van der Waals surface area (Å²) < 4.78 is 8.75. The summed E-state index contributed by atoms with van der Waals surface area (Å²) in [4.78, 5) is 0. The number of rotatable bonds is 2. The van der Waals surface area contributed by atoms with Gasteiger partial charge < -0.3 is 4.74 Å². The standard InChI is InChI=1S/C14H10ClIN2O/c1-18-14(16)12-8-11(5-6-13(12)17-18)19-10-4-2-3-9(15)7-10/h2-8H,1H3.